The van der Waals surface area contributed by atoms with Gasteiger partial charge in [-0.2, -0.15) is 11.8 Å². The van der Waals surface area contributed by atoms with Gasteiger partial charge in [-0.1, -0.05) is 13.8 Å². The van der Waals surface area contributed by atoms with E-state index in [1.165, 1.54) is 18.6 Å². The molecule has 1 saturated carbocycles. The minimum absolute atomic E-state index is 0.00752. The lowest BCUT2D eigenvalue weighted by atomic mass is 9.80. The minimum Gasteiger partial charge on any atom is -0.394 e. The third-order valence-electron chi connectivity index (χ3n) is 3.08. The molecular weight excluding hydrogens is 194 g/mol. The summed E-state index contributed by atoms with van der Waals surface area (Å²) in [4.78, 5) is 0. The first kappa shape index (κ1) is 10.8. The fourth-order valence-electron chi connectivity index (χ4n) is 2.44. The summed E-state index contributed by atoms with van der Waals surface area (Å²) in [6.45, 7) is 4.90. The molecule has 1 unspecified atom stereocenters. The van der Waals surface area contributed by atoms with Gasteiger partial charge in [0, 0.05) is 11.8 Å². The van der Waals surface area contributed by atoms with Crippen LogP contribution in [0.2, 0.25) is 0 Å². The summed E-state index contributed by atoms with van der Waals surface area (Å²) in [6.07, 6.45) is 3.71. The third-order valence-corrected chi connectivity index (χ3v) is 4.82. The van der Waals surface area contributed by atoms with Crippen molar-refractivity contribution in [1.82, 2.24) is 5.32 Å². The van der Waals surface area contributed by atoms with Gasteiger partial charge in [0.2, 0.25) is 0 Å². The average molecular weight is 215 g/mol. The summed E-state index contributed by atoms with van der Waals surface area (Å²) in [5, 5.41) is 13.2. The Morgan fingerprint density at radius 1 is 1.36 bits per heavy atom. The summed E-state index contributed by atoms with van der Waals surface area (Å²) in [6, 6.07) is 0.691. The zero-order chi connectivity index (χ0) is 10.2. The maximum Gasteiger partial charge on any atom is 0.0621 e. The van der Waals surface area contributed by atoms with Gasteiger partial charge in [-0.05, 0) is 30.4 Å². The summed E-state index contributed by atoms with van der Waals surface area (Å²) in [5.74, 6) is 2.30. The van der Waals surface area contributed by atoms with Crippen molar-refractivity contribution < 1.29 is 5.11 Å². The Labute approximate surface area is 90.8 Å². The molecule has 0 spiro atoms. The molecular formula is C11H21NOS. The Kier molecular flexibility index (Phi) is 2.84. The first-order valence-corrected chi connectivity index (χ1v) is 6.67. The SMILES string of the molecule is CC1(C)CSCC(CO)(NC2CC2)C1. The summed E-state index contributed by atoms with van der Waals surface area (Å²) in [5.41, 5.74) is 0.376. The second-order valence-corrected chi connectivity index (χ2v) is 6.68. The predicted octanol–water partition coefficient (Wildman–Crippen LogP) is 1.63. The normalized spacial score (nSPS) is 37.1. The summed E-state index contributed by atoms with van der Waals surface area (Å²) in [7, 11) is 0. The van der Waals surface area contributed by atoms with E-state index in [1.807, 2.05) is 11.8 Å². The number of hydrogen-bond acceptors (Lipinski definition) is 3. The molecule has 0 aromatic carbocycles. The molecule has 14 heavy (non-hydrogen) atoms. The molecule has 0 aromatic rings. The van der Waals surface area contributed by atoms with E-state index in [-0.39, 0.29) is 5.54 Å². The third kappa shape index (κ3) is 2.44. The second-order valence-electron chi connectivity index (χ2n) is 5.69. The maximum atomic E-state index is 9.57. The largest absolute Gasteiger partial charge is 0.394 e. The van der Waals surface area contributed by atoms with Crippen LogP contribution < -0.4 is 5.32 Å². The highest BCUT2D eigenvalue weighted by atomic mass is 32.2. The van der Waals surface area contributed by atoms with Gasteiger partial charge in [-0.25, -0.2) is 0 Å². The highest BCUT2D eigenvalue weighted by Crippen LogP contribution is 2.40. The fourth-order valence-corrected chi connectivity index (χ4v) is 3.87. The Hall–Kier alpha value is 0.270. The molecule has 3 heteroatoms. The van der Waals surface area contributed by atoms with Gasteiger partial charge in [0.25, 0.3) is 0 Å². The molecule has 0 radical (unpaired) electrons. The van der Waals surface area contributed by atoms with Crippen LogP contribution in [0.25, 0.3) is 0 Å². The van der Waals surface area contributed by atoms with E-state index in [0.29, 0.717) is 18.1 Å². The smallest absolute Gasteiger partial charge is 0.0621 e. The molecule has 0 amide bonds. The molecule has 1 atom stereocenters. The Bertz CT molecular complexity index is 215. The number of thioether (sulfide) groups is 1. The number of hydrogen-bond donors (Lipinski definition) is 2. The van der Waals surface area contributed by atoms with Crippen LogP contribution >= 0.6 is 11.8 Å². The molecule has 82 valence electrons. The molecule has 2 nitrogen and oxygen atoms in total. The van der Waals surface area contributed by atoms with Crippen molar-refractivity contribution in [2.45, 2.75) is 44.7 Å². The van der Waals surface area contributed by atoms with Crippen molar-refractivity contribution in [3.8, 4) is 0 Å². The molecule has 2 aliphatic rings. The van der Waals surface area contributed by atoms with Gasteiger partial charge in [-0.15, -0.1) is 0 Å². The average Bonchev–Trinajstić information content (AvgIpc) is 2.86. The van der Waals surface area contributed by atoms with Crippen LogP contribution in [0, 0.1) is 5.41 Å². The minimum atomic E-state index is 0.00752. The van der Waals surface area contributed by atoms with E-state index in [4.69, 9.17) is 0 Å². The topological polar surface area (TPSA) is 32.3 Å². The number of rotatable bonds is 3. The van der Waals surface area contributed by atoms with Crippen LogP contribution in [0.3, 0.4) is 0 Å². The first-order valence-electron chi connectivity index (χ1n) is 5.52. The van der Waals surface area contributed by atoms with Crippen LogP contribution in [-0.4, -0.2) is 34.8 Å². The van der Waals surface area contributed by atoms with E-state index in [0.717, 1.165) is 12.2 Å². The lowest BCUT2D eigenvalue weighted by molar-refractivity contribution is 0.126. The van der Waals surface area contributed by atoms with Crippen molar-refractivity contribution in [2.24, 2.45) is 5.41 Å². The Balaban J connectivity index is 2.01. The molecule has 1 aliphatic carbocycles. The molecule has 0 aromatic heterocycles. The number of aliphatic hydroxyl groups is 1. The highest BCUT2D eigenvalue weighted by Gasteiger charge is 2.42. The lowest BCUT2D eigenvalue weighted by Gasteiger charge is -2.44. The van der Waals surface area contributed by atoms with Crippen LogP contribution in [0.15, 0.2) is 0 Å². The van der Waals surface area contributed by atoms with Crippen molar-refractivity contribution >= 4 is 11.8 Å². The van der Waals surface area contributed by atoms with Crippen LogP contribution in [-0.2, 0) is 0 Å². The molecule has 2 N–H and O–H groups in total. The van der Waals surface area contributed by atoms with Crippen molar-refractivity contribution in [3.63, 3.8) is 0 Å². The van der Waals surface area contributed by atoms with Crippen LogP contribution in [0.4, 0.5) is 0 Å². The molecule has 0 bridgehead atoms. The van der Waals surface area contributed by atoms with Gasteiger partial charge in [0.15, 0.2) is 0 Å². The number of aliphatic hydroxyl groups excluding tert-OH is 1. The van der Waals surface area contributed by atoms with E-state index < -0.39 is 0 Å². The summed E-state index contributed by atoms with van der Waals surface area (Å²) < 4.78 is 0. The molecule has 1 saturated heterocycles. The Morgan fingerprint density at radius 3 is 2.57 bits per heavy atom. The quantitative estimate of drug-likeness (QED) is 0.750. The van der Waals surface area contributed by atoms with Gasteiger partial charge >= 0.3 is 0 Å². The predicted molar refractivity (Wildman–Crippen MR) is 61.7 cm³/mol. The first-order chi connectivity index (χ1) is 6.55. The number of nitrogens with one attached hydrogen (secondary N) is 1. The van der Waals surface area contributed by atoms with Crippen LogP contribution in [0.1, 0.15) is 33.1 Å². The Morgan fingerprint density at radius 2 is 2.07 bits per heavy atom. The maximum absolute atomic E-state index is 9.57. The van der Waals surface area contributed by atoms with E-state index in [1.54, 1.807) is 0 Å². The van der Waals surface area contributed by atoms with E-state index in [2.05, 4.69) is 19.2 Å². The molecule has 1 aliphatic heterocycles. The molecule has 1 heterocycles. The van der Waals surface area contributed by atoms with Crippen molar-refractivity contribution in [1.29, 1.82) is 0 Å². The van der Waals surface area contributed by atoms with E-state index >= 15 is 0 Å². The van der Waals surface area contributed by atoms with Crippen molar-refractivity contribution in [3.05, 3.63) is 0 Å². The zero-order valence-electron chi connectivity index (χ0n) is 9.18. The van der Waals surface area contributed by atoms with E-state index in [9.17, 15) is 5.11 Å². The van der Waals surface area contributed by atoms with Crippen LogP contribution in [0.5, 0.6) is 0 Å². The fraction of sp³-hybridized carbons (Fsp3) is 1.00. The summed E-state index contributed by atoms with van der Waals surface area (Å²) >= 11 is 1.98. The van der Waals surface area contributed by atoms with Gasteiger partial charge < -0.3 is 10.4 Å². The van der Waals surface area contributed by atoms with Crippen molar-refractivity contribution in [2.75, 3.05) is 18.1 Å². The molecule has 2 fully saturated rings. The second kappa shape index (κ2) is 3.69. The standard InChI is InChI=1S/C11H21NOS/c1-10(2)5-11(6-13,8-14-7-10)12-9-3-4-9/h9,12-13H,3-8H2,1-2H3. The lowest BCUT2D eigenvalue weighted by Crippen LogP contribution is -2.56. The molecule has 2 rings (SSSR count). The van der Waals surface area contributed by atoms with Gasteiger partial charge in [0.05, 0.1) is 12.1 Å². The monoisotopic (exact) mass is 215 g/mol. The zero-order valence-corrected chi connectivity index (χ0v) is 9.99. The van der Waals surface area contributed by atoms with Gasteiger partial charge in [0.1, 0.15) is 0 Å². The highest BCUT2D eigenvalue weighted by molar-refractivity contribution is 7.99. The van der Waals surface area contributed by atoms with Gasteiger partial charge in [-0.3, -0.25) is 0 Å².